The molecule has 1 aromatic heterocycles. The van der Waals surface area contributed by atoms with E-state index >= 15 is 0 Å². The molecule has 2 aromatic carbocycles. The zero-order valence-corrected chi connectivity index (χ0v) is 22.6. The van der Waals surface area contributed by atoms with Crippen LogP contribution in [-0.4, -0.2) is 26.9 Å². The van der Waals surface area contributed by atoms with Gasteiger partial charge in [-0.3, -0.25) is 14.2 Å². The van der Waals surface area contributed by atoms with Crippen molar-refractivity contribution >= 4 is 16.8 Å². The summed E-state index contributed by atoms with van der Waals surface area (Å²) in [5, 5.41) is 0.594. The van der Waals surface area contributed by atoms with Crippen LogP contribution in [0.15, 0.2) is 53.3 Å². The van der Waals surface area contributed by atoms with Crippen LogP contribution in [0.4, 0.5) is 0 Å². The minimum atomic E-state index is -0.262. The van der Waals surface area contributed by atoms with E-state index in [0.717, 1.165) is 36.9 Å². The second-order valence-corrected chi connectivity index (χ2v) is 9.85. The van der Waals surface area contributed by atoms with E-state index in [-0.39, 0.29) is 17.5 Å². The molecule has 0 aliphatic heterocycles. The molecule has 1 heterocycles. The van der Waals surface area contributed by atoms with Crippen molar-refractivity contribution in [2.75, 3.05) is 6.54 Å². The first-order valence-electron chi connectivity index (χ1n) is 13.9. The molecular formula is C31H43N3O2. The summed E-state index contributed by atoms with van der Waals surface area (Å²) in [6.45, 7) is 9.16. The molecule has 0 saturated carbocycles. The van der Waals surface area contributed by atoms with Crippen molar-refractivity contribution in [3.05, 3.63) is 70.3 Å². The van der Waals surface area contributed by atoms with Crippen molar-refractivity contribution in [3.63, 3.8) is 0 Å². The molecule has 0 N–H and O–H groups in total. The van der Waals surface area contributed by atoms with Crippen molar-refractivity contribution in [1.29, 1.82) is 0 Å². The van der Waals surface area contributed by atoms with Gasteiger partial charge >= 0.3 is 0 Å². The summed E-state index contributed by atoms with van der Waals surface area (Å²) in [5.74, 6) is 0.822. The van der Waals surface area contributed by atoms with Crippen LogP contribution in [0.2, 0.25) is 0 Å². The van der Waals surface area contributed by atoms with Gasteiger partial charge in [-0.2, -0.15) is 0 Å². The van der Waals surface area contributed by atoms with Crippen LogP contribution in [0.3, 0.4) is 0 Å². The highest BCUT2D eigenvalue weighted by Crippen LogP contribution is 2.28. The van der Waals surface area contributed by atoms with E-state index in [0.29, 0.717) is 36.1 Å². The number of hydrogen-bond donors (Lipinski definition) is 0. The van der Waals surface area contributed by atoms with Gasteiger partial charge in [0, 0.05) is 13.0 Å². The maximum absolute atomic E-state index is 13.8. The number of aromatic nitrogens is 2. The normalized spacial score (nSPS) is 12.1. The van der Waals surface area contributed by atoms with Gasteiger partial charge in [0.25, 0.3) is 5.56 Å². The Balaban J connectivity index is 2.03. The van der Waals surface area contributed by atoms with E-state index in [1.165, 1.54) is 25.7 Å². The quantitative estimate of drug-likeness (QED) is 0.220. The van der Waals surface area contributed by atoms with Crippen molar-refractivity contribution in [3.8, 4) is 5.69 Å². The number of rotatable bonds is 14. The molecule has 0 spiro atoms. The van der Waals surface area contributed by atoms with E-state index in [9.17, 15) is 9.59 Å². The minimum absolute atomic E-state index is 0.0848. The molecule has 0 saturated heterocycles. The number of carbonyl (C=O) groups is 1. The molecule has 0 aliphatic carbocycles. The van der Waals surface area contributed by atoms with E-state index < -0.39 is 0 Å². The number of amides is 1. The van der Waals surface area contributed by atoms with E-state index in [2.05, 4.69) is 20.8 Å². The molecule has 0 fully saturated rings. The predicted molar refractivity (Wildman–Crippen MR) is 150 cm³/mol. The van der Waals surface area contributed by atoms with Gasteiger partial charge in [0.1, 0.15) is 5.82 Å². The van der Waals surface area contributed by atoms with Crippen LogP contribution >= 0.6 is 0 Å². The Bertz CT molecular complexity index is 1180. The zero-order valence-electron chi connectivity index (χ0n) is 22.6. The number of fused-ring (bicyclic) bond motifs is 1. The molecule has 194 valence electrons. The maximum atomic E-state index is 13.8. The van der Waals surface area contributed by atoms with Gasteiger partial charge < -0.3 is 4.90 Å². The molecule has 0 radical (unpaired) electrons. The molecule has 5 heteroatoms. The Hall–Kier alpha value is -2.95. The third kappa shape index (κ3) is 6.83. The monoisotopic (exact) mass is 489 g/mol. The fraction of sp³-hybridized carbons (Fsp3) is 0.516. The van der Waals surface area contributed by atoms with Crippen molar-refractivity contribution in [2.45, 2.75) is 97.9 Å². The first-order chi connectivity index (χ1) is 17.5. The summed E-state index contributed by atoms with van der Waals surface area (Å²) in [4.78, 5) is 34.4. The summed E-state index contributed by atoms with van der Waals surface area (Å²) in [7, 11) is 0. The fourth-order valence-corrected chi connectivity index (χ4v) is 4.92. The lowest BCUT2D eigenvalue weighted by molar-refractivity contribution is -0.134. The minimum Gasteiger partial charge on any atom is -0.333 e. The van der Waals surface area contributed by atoms with Crippen molar-refractivity contribution < 1.29 is 4.79 Å². The topological polar surface area (TPSA) is 55.2 Å². The van der Waals surface area contributed by atoms with Gasteiger partial charge in [0.05, 0.1) is 22.6 Å². The van der Waals surface area contributed by atoms with Crippen LogP contribution in [0, 0.1) is 6.92 Å². The molecule has 0 aliphatic rings. The summed E-state index contributed by atoms with van der Waals surface area (Å²) in [6, 6.07) is 15.2. The van der Waals surface area contributed by atoms with Gasteiger partial charge in [-0.25, -0.2) is 4.98 Å². The summed E-state index contributed by atoms with van der Waals surface area (Å²) in [5.41, 5.74) is 2.47. The molecule has 1 unspecified atom stereocenters. The molecule has 36 heavy (non-hydrogen) atoms. The van der Waals surface area contributed by atoms with Gasteiger partial charge in [-0.05, 0) is 56.0 Å². The van der Waals surface area contributed by atoms with Gasteiger partial charge in [0.2, 0.25) is 5.91 Å². The Morgan fingerprint density at radius 2 is 1.64 bits per heavy atom. The van der Waals surface area contributed by atoms with Crippen LogP contribution in [0.1, 0.15) is 102 Å². The second-order valence-electron chi connectivity index (χ2n) is 9.85. The van der Waals surface area contributed by atoms with E-state index in [1.807, 2.05) is 60.4 Å². The summed E-state index contributed by atoms with van der Waals surface area (Å²) in [6.07, 6.45) is 10.1. The Morgan fingerprint density at radius 1 is 0.917 bits per heavy atom. The highest BCUT2D eigenvalue weighted by atomic mass is 16.2. The van der Waals surface area contributed by atoms with Gasteiger partial charge in [-0.1, -0.05) is 83.6 Å². The SMILES string of the molecule is CCCCCCCCC(=O)N(CCCC)C(CC)c1nc2ccccc2c(=O)n1-c1cccc(C)c1. The van der Waals surface area contributed by atoms with Crippen molar-refractivity contribution in [2.24, 2.45) is 0 Å². The highest BCUT2D eigenvalue weighted by molar-refractivity contribution is 5.79. The Kier molecular flexibility index (Phi) is 10.7. The van der Waals surface area contributed by atoms with E-state index in [1.54, 1.807) is 4.57 Å². The molecule has 3 rings (SSSR count). The Labute approximate surface area is 216 Å². The van der Waals surface area contributed by atoms with Crippen LogP contribution in [-0.2, 0) is 4.79 Å². The third-order valence-electron chi connectivity index (χ3n) is 6.94. The number of para-hydroxylation sites is 1. The second kappa shape index (κ2) is 14.0. The average molecular weight is 490 g/mol. The molecule has 3 aromatic rings. The number of nitrogens with zero attached hydrogens (tertiary/aromatic N) is 3. The molecular weight excluding hydrogens is 446 g/mol. The third-order valence-corrected chi connectivity index (χ3v) is 6.94. The first kappa shape index (κ1) is 27.6. The lowest BCUT2D eigenvalue weighted by atomic mass is 10.1. The highest BCUT2D eigenvalue weighted by Gasteiger charge is 2.28. The molecule has 1 amide bonds. The van der Waals surface area contributed by atoms with Crippen LogP contribution in [0.5, 0.6) is 0 Å². The predicted octanol–water partition coefficient (Wildman–Crippen LogP) is 7.52. The lowest BCUT2D eigenvalue weighted by Gasteiger charge is -2.32. The standard InChI is InChI=1S/C31H43N3O2/c1-5-8-10-11-12-13-21-29(35)33(22-9-6-2)28(7-3)30-32-27-20-15-14-19-26(27)31(36)34(30)25-18-16-17-24(4)23-25/h14-20,23,28H,5-13,21-22H2,1-4H3. The number of unbranched alkanes of at least 4 members (excludes halogenated alkanes) is 6. The number of carbonyl (C=O) groups excluding carboxylic acids is 1. The largest absolute Gasteiger partial charge is 0.333 e. The van der Waals surface area contributed by atoms with Crippen LogP contribution in [0.25, 0.3) is 16.6 Å². The number of benzene rings is 2. The molecule has 0 bridgehead atoms. The summed E-state index contributed by atoms with van der Waals surface area (Å²) < 4.78 is 1.74. The zero-order chi connectivity index (χ0) is 25.9. The van der Waals surface area contributed by atoms with E-state index in [4.69, 9.17) is 4.98 Å². The van der Waals surface area contributed by atoms with Crippen molar-refractivity contribution in [1.82, 2.24) is 14.5 Å². The smallest absolute Gasteiger partial charge is 0.266 e. The molecule has 1 atom stereocenters. The Morgan fingerprint density at radius 3 is 2.36 bits per heavy atom. The average Bonchev–Trinajstić information content (AvgIpc) is 2.88. The summed E-state index contributed by atoms with van der Waals surface area (Å²) >= 11 is 0. The van der Waals surface area contributed by atoms with Crippen LogP contribution < -0.4 is 5.56 Å². The maximum Gasteiger partial charge on any atom is 0.266 e. The number of aryl methyl sites for hydroxylation is 1. The van der Waals surface area contributed by atoms with Gasteiger partial charge in [-0.15, -0.1) is 0 Å². The fourth-order valence-electron chi connectivity index (χ4n) is 4.92. The lowest BCUT2D eigenvalue weighted by Crippen LogP contribution is -2.39. The first-order valence-corrected chi connectivity index (χ1v) is 13.9. The van der Waals surface area contributed by atoms with Gasteiger partial charge in [0.15, 0.2) is 0 Å². The molecule has 5 nitrogen and oxygen atoms in total. The number of hydrogen-bond acceptors (Lipinski definition) is 3.